The Bertz CT molecular complexity index is 328. The van der Waals surface area contributed by atoms with Crippen LogP contribution in [0.4, 0.5) is 0 Å². The van der Waals surface area contributed by atoms with Crippen LogP contribution in [0, 0.1) is 0 Å². The Morgan fingerprint density at radius 2 is 2.38 bits per heavy atom. The van der Waals surface area contributed by atoms with Crippen LogP contribution in [0.5, 0.6) is 0 Å². The minimum atomic E-state index is 0.713. The summed E-state index contributed by atoms with van der Waals surface area (Å²) < 4.78 is 2.37. The molecule has 90 valence electrons. The molecule has 1 aromatic rings. The third-order valence-electron chi connectivity index (χ3n) is 3.01. The highest BCUT2D eigenvalue weighted by molar-refractivity contribution is 9.13. The predicted octanol–water partition coefficient (Wildman–Crippen LogP) is 3.46. The molecule has 1 unspecified atom stereocenters. The number of rotatable bonds is 4. The molecule has 1 aromatic heterocycles. The second-order valence-corrected chi connectivity index (χ2v) is 7.35. The SMILES string of the molecule is CCN(Cc1cc(Br)c(Br)s1)C1CCNC1. The second-order valence-electron chi connectivity index (χ2n) is 4.04. The number of nitrogens with zero attached hydrogens (tertiary/aromatic N) is 1. The molecule has 0 radical (unpaired) electrons. The highest BCUT2D eigenvalue weighted by atomic mass is 79.9. The van der Waals surface area contributed by atoms with Crippen molar-refractivity contribution in [1.82, 2.24) is 10.2 Å². The molecule has 0 spiro atoms. The lowest BCUT2D eigenvalue weighted by Gasteiger charge is -2.26. The van der Waals surface area contributed by atoms with Gasteiger partial charge in [0.05, 0.1) is 3.79 Å². The van der Waals surface area contributed by atoms with Gasteiger partial charge >= 0.3 is 0 Å². The number of hydrogen-bond donors (Lipinski definition) is 1. The zero-order valence-electron chi connectivity index (χ0n) is 9.30. The molecule has 16 heavy (non-hydrogen) atoms. The number of thiophene rings is 1. The van der Waals surface area contributed by atoms with Crippen LogP contribution >= 0.6 is 43.2 Å². The first-order valence-corrected chi connectivity index (χ1v) is 7.99. The maximum absolute atomic E-state index is 3.55. The summed E-state index contributed by atoms with van der Waals surface area (Å²) in [7, 11) is 0. The van der Waals surface area contributed by atoms with Crippen molar-refractivity contribution in [2.45, 2.75) is 25.9 Å². The zero-order chi connectivity index (χ0) is 11.5. The lowest BCUT2D eigenvalue weighted by molar-refractivity contribution is 0.212. The number of likely N-dealkylation sites (N-methyl/N-ethyl adjacent to an activating group) is 1. The Balaban J connectivity index is 2.00. The van der Waals surface area contributed by atoms with E-state index < -0.39 is 0 Å². The lowest BCUT2D eigenvalue weighted by Crippen LogP contribution is -2.35. The molecular formula is C11H16Br2N2S. The van der Waals surface area contributed by atoms with Gasteiger partial charge in [-0.2, -0.15) is 0 Å². The second kappa shape index (κ2) is 5.96. The summed E-state index contributed by atoms with van der Waals surface area (Å²) in [6.45, 7) is 6.74. The van der Waals surface area contributed by atoms with Gasteiger partial charge in [0.2, 0.25) is 0 Å². The predicted molar refractivity (Wildman–Crippen MR) is 77.1 cm³/mol. The Morgan fingerprint density at radius 3 is 2.88 bits per heavy atom. The first-order chi connectivity index (χ1) is 7.70. The van der Waals surface area contributed by atoms with Crippen LogP contribution in [0.25, 0.3) is 0 Å². The molecule has 2 nitrogen and oxygen atoms in total. The Labute approximate surface area is 118 Å². The summed E-state index contributed by atoms with van der Waals surface area (Å²) in [6.07, 6.45) is 1.28. The van der Waals surface area contributed by atoms with Crippen LogP contribution < -0.4 is 5.32 Å². The molecule has 0 aliphatic carbocycles. The number of halogens is 2. The Morgan fingerprint density at radius 1 is 1.56 bits per heavy atom. The maximum Gasteiger partial charge on any atom is 0.0843 e. The molecule has 1 aliphatic heterocycles. The largest absolute Gasteiger partial charge is 0.315 e. The van der Waals surface area contributed by atoms with Gasteiger partial charge in [0.25, 0.3) is 0 Å². The fraction of sp³-hybridized carbons (Fsp3) is 0.636. The monoisotopic (exact) mass is 366 g/mol. The van der Waals surface area contributed by atoms with Gasteiger partial charge in [-0.3, -0.25) is 4.90 Å². The third-order valence-corrected chi connectivity index (χ3v) is 6.25. The van der Waals surface area contributed by atoms with E-state index in [0.717, 1.165) is 19.6 Å². The summed E-state index contributed by atoms with van der Waals surface area (Å²) in [4.78, 5) is 3.98. The number of hydrogen-bond acceptors (Lipinski definition) is 3. The first kappa shape index (κ1) is 13.0. The van der Waals surface area contributed by atoms with Crippen molar-refractivity contribution >= 4 is 43.2 Å². The maximum atomic E-state index is 3.55. The average Bonchev–Trinajstić information content (AvgIpc) is 2.86. The van der Waals surface area contributed by atoms with E-state index in [1.165, 1.54) is 26.1 Å². The highest BCUT2D eigenvalue weighted by Crippen LogP contribution is 2.33. The van der Waals surface area contributed by atoms with E-state index >= 15 is 0 Å². The topological polar surface area (TPSA) is 15.3 Å². The molecule has 2 heterocycles. The number of nitrogens with one attached hydrogen (secondary N) is 1. The minimum Gasteiger partial charge on any atom is -0.315 e. The van der Waals surface area contributed by atoms with Crippen molar-refractivity contribution in [3.8, 4) is 0 Å². The molecule has 1 fully saturated rings. The van der Waals surface area contributed by atoms with Crippen LogP contribution in [0.1, 0.15) is 18.2 Å². The highest BCUT2D eigenvalue weighted by Gasteiger charge is 2.21. The van der Waals surface area contributed by atoms with E-state index in [1.807, 2.05) is 11.3 Å². The van der Waals surface area contributed by atoms with Crippen LogP contribution in [0.15, 0.2) is 14.3 Å². The van der Waals surface area contributed by atoms with Crippen molar-refractivity contribution in [2.24, 2.45) is 0 Å². The van der Waals surface area contributed by atoms with Crippen molar-refractivity contribution in [1.29, 1.82) is 0 Å². The summed E-state index contributed by atoms with van der Waals surface area (Å²) in [6, 6.07) is 2.93. The van der Waals surface area contributed by atoms with Crippen molar-refractivity contribution in [3.05, 3.63) is 19.2 Å². The molecule has 1 aliphatic rings. The van der Waals surface area contributed by atoms with Crippen molar-refractivity contribution in [3.63, 3.8) is 0 Å². The van der Waals surface area contributed by atoms with Crippen LogP contribution in [0.2, 0.25) is 0 Å². The third kappa shape index (κ3) is 3.07. The molecule has 1 atom stereocenters. The molecule has 0 aromatic carbocycles. The fourth-order valence-corrected chi connectivity index (χ4v) is 4.32. The van der Waals surface area contributed by atoms with Crippen molar-refractivity contribution in [2.75, 3.05) is 19.6 Å². The fourth-order valence-electron chi connectivity index (χ4n) is 2.12. The zero-order valence-corrected chi connectivity index (χ0v) is 13.3. The van der Waals surface area contributed by atoms with Gasteiger partial charge in [-0.15, -0.1) is 11.3 Å². The quantitative estimate of drug-likeness (QED) is 0.876. The van der Waals surface area contributed by atoms with E-state index in [4.69, 9.17) is 0 Å². The average molecular weight is 368 g/mol. The first-order valence-electron chi connectivity index (χ1n) is 5.59. The molecule has 1 N–H and O–H groups in total. The molecule has 0 amide bonds. The minimum absolute atomic E-state index is 0.713. The van der Waals surface area contributed by atoms with E-state index in [-0.39, 0.29) is 0 Å². The summed E-state index contributed by atoms with van der Waals surface area (Å²) >= 11 is 8.92. The van der Waals surface area contributed by atoms with Gasteiger partial charge in [0.1, 0.15) is 0 Å². The van der Waals surface area contributed by atoms with E-state index in [2.05, 4.69) is 55.1 Å². The molecule has 0 bridgehead atoms. The van der Waals surface area contributed by atoms with Gasteiger partial charge in [-0.1, -0.05) is 6.92 Å². The lowest BCUT2D eigenvalue weighted by atomic mass is 10.2. The molecule has 1 saturated heterocycles. The van der Waals surface area contributed by atoms with E-state index in [9.17, 15) is 0 Å². The summed E-state index contributed by atoms with van der Waals surface area (Å²) in [5.41, 5.74) is 0. The summed E-state index contributed by atoms with van der Waals surface area (Å²) in [5, 5.41) is 3.43. The van der Waals surface area contributed by atoms with Crippen LogP contribution in [-0.2, 0) is 6.54 Å². The van der Waals surface area contributed by atoms with Gasteiger partial charge in [-0.25, -0.2) is 0 Å². The van der Waals surface area contributed by atoms with Gasteiger partial charge < -0.3 is 5.32 Å². The Kier molecular flexibility index (Phi) is 4.85. The Hall–Kier alpha value is 0.580. The van der Waals surface area contributed by atoms with Gasteiger partial charge in [-0.05, 0) is 57.4 Å². The standard InChI is InChI=1S/C11H16Br2N2S/c1-2-15(8-3-4-14-6-8)7-9-5-10(12)11(13)16-9/h5,8,14H,2-4,6-7H2,1H3. The molecular weight excluding hydrogens is 352 g/mol. The van der Waals surface area contributed by atoms with Gasteiger partial charge in [0.15, 0.2) is 0 Å². The molecule has 0 saturated carbocycles. The smallest absolute Gasteiger partial charge is 0.0843 e. The normalized spacial score (nSPS) is 20.9. The summed E-state index contributed by atoms with van der Waals surface area (Å²) in [5.74, 6) is 0. The molecule has 5 heteroatoms. The van der Waals surface area contributed by atoms with Gasteiger partial charge in [0, 0.05) is 28.5 Å². The molecule has 2 rings (SSSR count). The van der Waals surface area contributed by atoms with E-state index in [0.29, 0.717) is 6.04 Å². The van der Waals surface area contributed by atoms with E-state index in [1.54, 1.807) is 0 Å². The van der Waals surface area contributed by atoms with Crippen LogP contribution in [-0.4, -0.2) is 30.6 Å². The van der Waals surface area contributed by atoms with Crippen molar-refractivity contribution < 1.29 is 0 Å². The van der Waals surface area contributed by atoms with Crippen LogP contribution in [0.3, 0.4) is 0 Å².